The number of amides is 3. The van der Waals surface area contributed by atoms with Crippen molar-refractivity contribution in [2.24, 2.45) is 29.4 Å². The maximum Gasteiger partial charge on any atom is 0.407 e. The van der Waals surface area contributed by atoms with E-state index in [-0.39, 0.29) is 50.7 Å². The van der Waals surface area contributed by atoms with Crippen LogP contribution in [0.1, 0.15) is 71.4 Å². The van der Waals surface area contributed by atoms with Crippen LogP contribution < -0.4 is 21.8 Å². The molecule has 1 aliphatic rings. The van der Waals surface area contributed by atoms with Crippen LogP contribution in [-0.4, -0.2) is 132 Å². The van der Waals surface area contributed by atoms with Crippen molar-refractivity contribution in [3.63, 3.8) is 0 Å². The molecule has 5 atom stereocenters. The van der Waals surface area contributed by atoms with Gasteiger partial charge in [-0.1, -0.05) is 77.3 Å². The summed E-state index contributed by atoms with van der Waals surface area (Å²) >= 11 is 0. The number of hydrogen-bond acceptors (Lipinski definition) is 13. The first-order valence-corrected chi connectivity index (χ1v) is 19.5. The average molecular weight is 782 g/mol. The Kier molecular flexibility index (Phi) is 23.7. The predicted octanol–water partition coefficient (Wildman–Crippen LogP) is 2.97. The number of Topliss-reactive ketones (excluding diaryl/α,β-unsaturated/α-hetero) is 1. The summed E-state index contributed by atoms with van der Waals surface area (Å²) in [6.07, 6.45) is 2.14. The van der Waals surface area contributed by atoms with Crippen LogP contribution in [-0.2, 0) is 38.0 Å². The minimum atomic E-state index is -1.38. The maximum absolute atomic E-state index is 14.5. The van der Waals surface area contributed by atoms with E-state index >= 15 is 0 Å². The molecule has 1 fully saturated rings. The van der Waals surface area contributed by atoms with Gasteiger partial charge in [0.15, 0.2) is 5.78 Å². The van der Waals surface area contributed by atoms with Gasteiger partial charge in [0.05, 0.1) is 57.7 Å². The fourth-order valence-corrected chi connectivity index (χ4v) is 6.42. The first-order valence-electron chi connectivity index (χ1n) is 19.5. The summed E-state index contributed by atoms with van der Waals surface area (Å²) in [7, 11) is 3.12. The second-order valence-electron chi connectivity index (χ2n) is 14.5. The zero-order valence-electron chi connectivity index (χ0n) is 33.7. The van der Waals surface area contributed by atoms with Crippen molar-refractivity contribution >= 4 is 23.9 Å². The Balaban J connectivity index is 2.29. The number of benzene rings is 1. The van der Waals surface area contributed by atoms with Gasteiger partial charge in [-0.2, -0.15) is 0 Å². The Hall–Kier alpha value is -3.38. The summed E-state index contributed by atoms with van der Waals surface area (Å²) in [6.45, 7) is 9.21. The molecule has 0 heterocycles. The molecule has 0 aliphatic heterocycles. The number of alkyl carbamates (subject to hydrolysis) is 2. The van der Waals surface area contributed by atoms with E-state index in [1.165, 1.54) is 0 Å². The van der Waals surface area contributed by atoms with Crippen LogP contribution in [0, 0.1) is 23.7 Å². The van der Waals surface area contributed by atoms with Gasteiger partial charge in [0.1, 0.15) is 19.3 Å². The number of methoxy groups -OCH3 is 2. The molecular formula is C39H67N5O11. The van der Waals surface area contributed by atoms with Crippen LogP contribution in [0.3, 0.4) is 0 Å². The van der Waals surface area contributed by atoms with Crippen molar-refractivity contribution in [2.75, 3.05) is 80.2 Å². The van der Waals surface area contributed by atoms with Crippen LogP contribution in [0.2, 0.25) is 0 Å². The van der Waals surface area contributed by atoms with Crippen LogP contribution in [0.4, 0.5) is 9.59 Å². The number of carbonyl (C=O) groups excluding carboxylic acids is 4. The van der Waals surface area contributed by atoms with Gasteiger partial charge in [-0.05, 0) is 36.2 Å². The normalized spacial score (nSPS) is 16.3. The number of nitrogens with two attached hydrogens (primary N) is 1. The first-order chi connectivity index (χ1) is 26.4. The van der Waals surface area contributed by atoms with E-state index < -0.39 is 54.0 Å². The summed E-state index contributed by atoms with van der Waals surface area (Å²) in [5.41, 5.74) is 10.3. The van der Waals surface area contributed by atoms with E-state index in [0.717, 1.165) is 32.1 Å². The highest BCUT2D eigenvalue weighted by molar-refractivity contribution is 5.90. The second-order valence-corrected chi connectivity index (χ2v) is 14.5. The van der Waals surface area contributed by atoms with Gasteiger partial charge in [-0.25, -0.2) is 14.6 Å². The molecule has 55 heavy (non-hydrogen) atoms. The number of ketones is 1. The summed E-state index contributed by atoms with van der Waals surface area (Å²) in [5, 5.41) is 19.0. The van der Waals surface area contributed by atoms with Crippen molar-refractivity contribution in [3.8, 4) is 0 Å². The standard InChI is InChI=1S/C39H67N5O11/c1-27(2)34(41-38(48)54-23-21-52-19-17-50-5)36(46)32(33(40)30-15-11-8-12-16-30)31(45)26-44(25-29-13-9-7-10-14-29)43-37(47)35(28(3)4)42-39(49)55-24-22-53-20-18-51-6/h8,11-12,15-16,27-29,31-35,45H,7,9-10,13-14,17-26,40H2,1-6H3,(H,41,48)(H,42,49)(H,43,47)/t31?,32?,33?,34-,35-/m0/s1. The Morgan fingerprint density at radius 1 is 0.764 bits per heavy atom. The third kappa shape index (κ3) is 18.4. The number of hydrazine groups is 1. The van der Waals surface area contributed by atoms with Crippen molar-refractivity contribution in [1.82, 2.24) is 21.1 Å². The highest BCUT2D eigenvalue weighted by Crippen LogP contribution is 2.28. The molecule has 16 nitrogen and oxygen atoms in total. The number of aliphatic hydroxyl groups is 1. The van der Waals surface area contributed by atoms with Gasteiger partial charge < -0.3 is 49.9 Å². The Bertz CT molecular complexity index is 1240. The highest BCUT2D eigenvalue weighted by atomic mass is 16.6. The molecular weight excluding hydrogens is 714 g/mol. The summed E-state index contributed by atoms with van der Waals surface area (Å²) in [5.74, 6) is -2.65. The maximum atomic E-state index is 14.5. The lowest BCUT2D eigenvalue weighted by Gasteiger charge is -2.37. The molecule has 314 valence electrons. The van der Waals surface area contributed by atoms with E-state index in [1.54, 1.807) is 71.2 Å². The van der Waals surface area contributed by atoms with E-state index in [2.05, 4.69) is 16.1 Å². The van der Waals surface area contributed by atoms with Gasteiger partial charge in [-0.3, -0.25) is 15.0 Å². The predicted molar refractivity (Wildman–Crippen MR) is 206 cm³/mol. The zero-order valence-corrected chi connectivity index (χ0v) is 33.7. The topological polar surface area (TPSA) is 209 Å². The van der Waals surface area contributed by atoms with E-state index in [1.807, 2.05) is 6.07 Å². The fourth-order valence-electron chi connectivity index (χ4n) is 6.42. The number of nitrogens with one attached hydrogen (secondary N) is 3. The molecule has 2 rings (SSSR count). The van der Waals surface area contributed by atoms with Gasteiger partial charge in [0.2, 0.25) is 0 Å². The minimum absolute atomic E-state index is 0.00763. The van der Waals surface area contributed by atoms with Crippen LogP contribution in [0.25, 0.3) is 0 Å². The summed E-state index contributed by atoms with van der Waals surface area (Å²) in [6, 6.07) is 5.98. The third-order valence-electron chi connectivity index (χ3n) is 9.45. The molecule has 1 aliphatic carbocycles. The van der Waals surface area contributed by atoms with E-state index in [0.29, 0.717) is 38.5 Å². The number of carbonyl (C=O) groups is 4. The smallest absolute Gasteiger partial charge is 0.407 e. The lowest BCUT2D eigenvalue weighted by molar-refractivity contribution is -0.133. The number of ether oxygens (including phenoxy) is 6. The molecule has 0 aromatic heterocycles. The molecule has 1 aromatic carbocycles. The molecule has 0 saturated heterocycles. The van der Waals surface area contributed by atoms with Crippen molar-refractivity contribution < 1.29 is 52.7 Å². The number of hydrogen-bond donors (Lipinski definition) is 5. The van der Waals surface area contributed by atoms with Gasteiger partial charge in [0.25, 0.3) is 5.91 Å². The first kappa shape index (κ1) is 47.8. The molecule has 3 amide bonds. The van der Waals surface area contributed by atoms with Crippen LogP contribution in [0.5, 0.6) is 0 Å². The van der Waals surface area contributed by atoms with E-state index in [9.17, 15) is 24.3 Å². The fraction of sp³-hybridized carbons (Fsp3) is 0.744. The highest BCUT2D eigenvalue weighted by Gasteiger charge is 2.40. The lowest BCUT2D eigenvalue weighted by Crippen LogP contribution is -2.58. The number of aliphatic hydroxyl groups excluding tert-OH is 1. The van der Waals surface area contributed by atoms with Crippen LogP contribution >= 0.6 is 0 Å². The van der Waals surface area contributed by atoms with Crippen molar-refractivity contribution in [1.29, 1.82) is 0 Å². The Morgan fingerprint density at radius 3 is 1.78 bits per heavy atom. The van der Waals surface area contributed by atoms with Gasteiger partial charge >= 0.3 is 12.2 Å². The number of rotatable bonds is 27. The van der Waals surface area contributed by atoms with Crippen molar-refractivity contribution in [3.05, 3.63) is 35.9 Å². The largest absolute Gasteiger partial charge is 0.447 e. The average Bonchev–Trinajstić information content (AvgIpc) is 3.16. The third-order valence-corrected chi connectivity index (χ3v) is 9.45. The van der Waals surface area contributed by atoms with Crippen LogP contribution in [0.15, 0.2) is 30.3 Å². The number of nitrogens with zero attached hydrogens (tertiary/aromatic N) is 1. The molecule has 0 bridgehead atoms. The molecule has 1 saturated carbocycles. The SMILES string of the molecule is COCCOCCOC(=O)N[C@H](C(=O)NN(CC1CCCCC1)CC(O)C(C(=O)[C@@H](NC(=O)OCCOCCOC)C(C)C)C(N)c1ccccc1)C(C)C. The molecule has 6 N–H and O–H groups in total. The molecule has 1 aromatic rings. The minimum Gasteiger partial charge on any atom is -0.447 e. The summed E-state index contributed by atoms with van der Waals surface area (Å²) in [4.78, 5) is 53.8. The molecule has 3 unspecified atom stereocenters. The molecule has 16 heteroatoms. The summed E-state index contributed by atoms with van der Waals surface area (Å²) < 4.78 is 31.1. The van der Waals surface area contributed by atoms with Gasteiger partial charge in [-0.15, -0.1) is 0 Å². The van der Waals surface area contributed by atoms with Crippen molar-refractivity contribution in [2.45, 2.75) is 84.0 Å². The quantitative estimate of drug-likeness (QED) is 0.0644. The molecule has 0 spiro atoms. The van der Waals surface area contributed by atoms with Gasteiger partial charge in [0, 0.05) is 33.4 Å². The zero-order chi connectivity index (χ0) is 40.6. The van der Waals surface area contributed by atoms with E-state index in [4.69, 9.17) is 34.2 Å². The Morgan fingerprint density at radius 2 is 1.27 bits per heavy atom. The second kappa shape index (κ2) is 27.3. The Labute approximate surface area is 326 Å². The lowest BCUT2D eigenvalue weighted by atomic mass is 9.80. The monoisotopic (exact) mass is 781 g/mol. The molecule has 0 radical (unpaired) electrons.